The zero-order chi connectivity index (χ0) is 21.1. The van der Waals surface area contributed by atoms with Gasteiger partial charge in [0.2, 0.25) is 11.8 Å². The molecule has 2 aliphatic rings. The number of halogens is 1. The normalized spacial score (nSPS) is 25.3. The van der Waals surface area contributed by atoms with Crippen LogP contribution in [0.5, 0.6) is 0 Å². The van der Waals surface area contributed by atoms with Crippen LogP contribution >= 0.6 is 0 Å². The molecular formula is C21H28FN3O4. The summed E-state index contributed by atoms with van der Waals surface area (Å²) in [5.41, 5.74) is 0.631. The fourth-order valence-electron chi connectivity index (χ4n) is 3.95. The van der Waals surface area contributed by atoms with Gasteiger partial charge in [0.1, 0.15) is 12.4 Å². The second-order valence-electron chi connectivity index (χ2n) is 8.02. The maximum Gasteiger partial charge on any atom is 0.254 e. The molecule has 0 bridgehead atoms. The highest BCUT2D eigenvalue weighted by atomic mass is 19.1. The average Bonchev–Trinajstić information content (AvgIpc) is 2.70. The number of piperidine rings is 1. The van der Waals surface area contributed by atoms with Crippen molar-refractivity contribution in [2.75, 3.05) is 26.7 Å². The molecule has 3 rings (SSSR count). The number of carbonyl (C=O) groups is 3. The summed E-state index contributed by atoms with van der Waals surface area (Å²) in [6.45, 7) is 4.48. The topological polar surface area (TPSA) is 79.0 Å². The minimum Gasteiger partial charge on any atom is -0.356 e. The number of rotatable bonds is 4. The molecule has 2 fully saturated rings. The van der Waals surface area contributed by atoms with Gasteiger partial charge in [-0.25, -0.2) is 4.39 Å². The van der Waals surface area contributed by atoms with Crippen molar-refractivity contribution < 1.29 is 23.5 Å². The first-order valence-electron chi connectivity index (χ1n) is 9.99. The van der Waals surface area contributed by atoms with Crippen LogP contribution in [-0.4, -0.2) is 66.4 Å². The first-order chi connectivity index (χ1) is 13.8. The third kappa shape index (κ3) is 4.75. The summed E-state index contributed by atoms with van der Waals surface area (Å²) >= 11 is 0. The molecule has 2 saturated heterocycles. The predicted octanol–water partition coefficient (Wildman–Crippen LogP) is 1.49. The van der Waals surface area contributed by atoms with Crippen molar-refractivity contribution in [3.8, 4) is 0 Å². The average molecular weight is 405 g/mol. The summed E-state index contributed by atoms with van der Waals surface area (Å²) in [7, 11) is 1.62. The number of benzene rings is 1. The molecule has 3 unspecified atom stereocenters. The Morgan fingerprint density at radius 1 is 1.24 bits per heavy atom. The van der Waals surface area contributed by atoms with E-state index in [1.165, 1.54) is 17.0 Å². The molecular weight excluding hydrogens is 377 g/mol. The molecule has 0 saturated carbocycles. The van der Waals surface area contributed by atoms with Gasteiger partial charge in [-0.3, -0.25) is 14.4 Å². The summed E-state index contributed by atoms with van der Waals surface area (Å²) in [5, 5.41) is 2.91. The fourth-order valence-corrected chi connectivity index (χ4v) is 3.95. The summed E-state index contributed by atoms with van der Waals surface area (Å²) < 4.78 is 19.0. The van der Waals surface area contributed by atoms with E-state index in [4.69, 9.17) is 4.74 Å². The third-order valence-corrected chi connectivity index (χ3v) is 5.47. The molecule has 0 aliphatic carbocycles. The maximum atomic E-state index is 13.4. The number of likely N-dealkylation sites (tertiary alicyclic amines) is 1. The molecule has 2 heterocycles. The molecule has 3 amide bonds. The van der Waals surface area contributed by atoms with Crippen molar-refractivity contribution in [2.45, 2.75) is 44.9 Å². The van der Waals surface area contributed by atoms with Gasteiger partial charge in [0.25, 0.3) is 5.91 Å². The van der Waals surface area contributed by atoms with Crippen LogP contribution in [0.25, 0.3) is 0 Å². The van der Waals surface area contributed by atoms with Crippen molar-refractivity contribution in [3.05, 3.63) is 35.6 Å². The third-order valence-electron chi connectivity index (χ3n) is 5.47. The van der Waals surface area contributed by atoms with E-state index in [1.54, 1.807) is 24.1 Å². The minimum atomic E-state index is -0.893. The van der Waals surface area contributed by atoms with E-state index in [-0.39, 0.29) is 36.3 Å². The lowest BCUT2D eigenvalue weighted by atomic mass is 9.93. The zero-order valence-electron chi connectivity index (χ0n) is 17.1. The number of hydrogen-bond acceptors (Lipinski definition) is 4. The molecule has 0 aromatic heterocycles. The van der Waals surface area contributed by atoms with Crippen LogP contribution in [0.4, 0.5) is 4.39 Å². The summed E-state index contributed by atoms with van der Waals surface area (Å²) in [5.74, 6) is -1.19. The van der Waals surface area contributed by atoms with Crippen molar-refractivity contribution >= 4 is 17.7 Å². The van der Waals surface area contributed by atoms with Gasteiger partial charge in [-0.2, -0.15) is 0 Å². The van der Waals surface area contributed by atoms with Crippen LogP contribution in [0, 0.1) is 11.7 Å². The fraction of sp³-hybridized carbons (Fsp3) is 0.571. The van der Waals surface area contributed by atoms with E-state index in [2.05, 4.69) is 5.32 Å². The highest BCUT2D eigenvalue weighted by molar-refractivity contribution is 5.87. The molecule has 1 aromatic rings. The lowest BCUT2D eigenvalue weighted by molar-refractivity contribution is -0.168. The quantitative estimate of drug-likeness (QED) is 0.823. The van der Waals surface area contributed by atoms with Gasteiger partial charge in [-0.05, 0) is 44.4 Å². The van der Waals surface area contributed by atoms with E-state index >= 15 is 0 Å². The molecule has 2 aliphatic heterocycles. The van der Waals surface area contributed by atoms with Crippen molar-refractivity contribution in [1.82, 2.24) is 15.1 Å². The van der Waals surface area contributed by atoms with Gasteiger partial charge < -0.3 is 19.9 Å². The van der Waals surface area contributed by atoms with Crippen molar-refractivity contribution in [1.29, 1.82) is 0 Å². The smallest absolute Gasteiger partial charge is 0.254 e. The van der Waals surface area contributed by atoms with Crippen molar-refractivity contribution in [3.63, 3.8) is 0 Å². The van der Waals surface area contributed by atoms with Crippen LogP contribution in [-0.2, 0) is 19.1 Å². The number of morpholine rings is 1. The number of ether oxygens (including phenoxy) is 1. The van der Waals surface area contributed by atoms with E-state index in [1.807, 2.05) is 13.8 Å². The largest absolute Gasteiger partial charge is 0.356 e. The van der Waals surface area contributed by atoms with Crippen LogP contribution in [0.15, 0.2) is 24.3 Å². The van der Waals surface area contributed by atoms with Gasteiger partial charge in [0, 0.05) is 26.2 Å². The second-order valence-corrected chi connectivity index (χ2v) is 8.02. The Morgan fingerprint density at radius 2 is 1.93 bits per heavy atom. The molecule has 1 N–H and O–H groups in total. The molecule has 3 atom stereocenters. The van der Waals surface area contributed by atoms with Crippen LogP contribution in [0.1, 0.15) is 38.3 Å². The monoisotopic (exact) mass is 405 g/mol. The Kier molecular flexibility index (Phi) is 6.52. The van der Waals surface area contributed by atoms with Gasteiger partial charge in [-0.1, -0.05) is 12.1 Å². The Balaban J connectivity index is 1.79. The highest BCUT2D eigenvalue weighted by Crippen LogP contribution is 2.31. The number of amides is 3. The van der Waals surface area contributed by atoms with E-state index in [9.17, 15) is 18.8 Å². The van der Waals surface area contributed by atoms with Gasteiger partial charge >= 0.3 is 0 Å². The van der Waals surface area contributed by atoms with Crippen LogP contribution < -0.4 is 5.32 Å². The lowest BCUT2D eigenvalue weighted by Gasteiger charge is -2.41. The van der Waals surface area contributed by atoms with E-state index < -0.39 is 18.0 Å². The number of nitrogens with one attached hydrogen (secondary N) is 1. The zero-order valence-corrected chi connectivity index (χ0v) is 17.1. The molecule has 0 spiro atoms. The van der Waals surface area contributed by atoms with Crippen LogP contribution in [0.3, 0.4) is 0 Å². The predicted molar refractivity (Wildman–Crippen MR) is 104 cm³/mol. The van der Waals surface area contributed by atoms with Gasteiger partial charge in [-0.15, -0.1) is 0 Å². The summed E-state index contributed by atoms with van der Waals surface area (Å²) in [6, 6.07) is 5.13. The van der Waals surface area contributed by atoms with Gasteiger partial charge in [0.05, 0.1) is 12.0 Å². The number of nitrogens with zero attached hydrogens (tertiary/aromatic N) is 2. The first-order valence-corrected chi connectivity index (χ1v) is 9.99. The summed E-state index contributed by atoms with van der Waals surface area (Å²) in [6.07, 6.45) is 0.563. The highest BCUT2D eigenvalue weighted by Gasteiger charge is 2.43. The number of likely N-dealkylation sites (N-methyl/N-ethyl adjacent to an activating group) is 1. The molecule has 158 valence electrons. The first kappa shape index (κ1) is 21.2. The molecule has 0 radical (unpaired) electrons. The Labute approximate surface area is 170 Å². The van der Waals surface area contributed by atoms with E-state index in [0.717, 1.165) is 12.8 Å². The SMILES string of the molecule is CC(C)NC(=O)C1CCCN(C(=O)C2OCC(=O)N(C)C2c2ccc(F)cc2)C1. The molecule has 1 aromatic carbocycles. The molecule has 8 heteroatoms. The summed E-state index contributed by atoms with van der Waals surface area (Å²) in [4.78, 5) is 41.0. The van der Waals surface area contributed by atoms with Gasteiger partial charge in [0.15, 0.2) is 6.10 Å². The Hall–Kier alpha value is -2.48. The number of hydrogen-bond donors (Lipinski definition) is 1. The lowest BCUT2D eigenvalue weighted by Crippen LogP contribution is -2.56. The Bertz CT molecular complexity index is 768. The minimum absolute atomic E-state index is 0.0396. The number of carbonyl (C=O) groups excluding carboxylic acids is 3. The maximum absolute atomic E-state index is 13.4. The molecule has 29 heavy (non-hydrogen) atoms. The second kappa shape index (κ2) is 8.90. The standard InChI is InChI=1S/C21H28FN3O4/c1-13(2)23-20(27)15-5-4-10-25(11-15)21(28)19-18(24(3)17(26)12-29-19)14-6-8-16(22)9-7-14/h6-9,13,15,18-19H,4-5,10-12H2,1-3H3,(H,23,27). The Morgan fingerprint density at radius 3 is 2.59 bits per heavy atom. The van der Waals surface area contributed by atoms with Crippen molar-refractivity contribution in [2.24, 2.45) is 5.92 Å². The molecule has 7 nitrogen and oxygen atoms in total. The van der Waals surface area contributed by atoms with E-state index in [0.29, 0.717) is 18.7 Å². The van der Waals surface area contributed by atoms with Crippen LogP contribution in [0.2, 0.25) is 0 Å².